The topological polar surface area (TPSA) is 131 Å². The van der Waals surface area contributed by atoms with Crippen molar-refractivity contribution in [2.45, 2.75) is 26.7 Å². The van der Waals surface area contributed by atoms with E-state index in [4.69, 9.17) is 9.47 Å². The van der Waals surface area contributed by atoms with Gasteiger partial charge in [0, 0.05) is 39.3 Å². The van der Waals surface area contributed by atoms with Gasteiger partial charge in [0.25, 0.3) is 0 Å². The van der Waals surface area contributed by atoms with Crippen LogP contribution in [0.3, 0.4) is 0 Å². The van der Waals surface area contributed by atoms with Crippen LogP contribution in [0, 0.1) is 16.0 Å². The first-order chi connectivity index (χ1) is 15.0. The third-order valence-electron chi connectivity index (χ3n) is 5.41. The van der Waals surface area contributed by atoms with E-state index in [-0.39, 0.29) is 29.2 Å². The van der Waals surface area contributed by atoms with Gasteiger partial charge in [-0.05, 0) is 26.7 Å². The molecule has 1 unspecified atom stereocenters. The van der Waals surface area contributed by atoms with E-state index in [2.05, 4.69) is 9.97 Å². The number of nitro groups is 1. The van der Waals surface area contributed by atoms with Crippen LogP contribution in [0.2, 0.25) is 0 Å². The summed E-state index contributed by atoms with van der Waals surface area (Å²) in [5.41, 5.74) is -0.184. The fourth-order valence-electron chi connectivity index (χ4n) is 3.92. The second kappa shape index (κ2) is 10.2. The number of carbonyl (C=O) groups is 2. The molecule has 2 saturated heterocycles. The van der Waals surface area contributed by atoms with Gasteiger partial charge in [0.1, 0.15) is 6.33 Å². The van der Waals surface area contributed by atoms with Crippen LogP contribution in [-0.4, -0.2) is 84.3 Å². The highest BCUT2D eigenvalue weighted by atomic mass is 16.6. The molecular weight excluding hydrogens is 408 g/mol. The van der Waals surface area contributed by atoms with Crippen molar-refractivity contribution in [2.24, 2.45) is 5.92 Å². The Hall–Kier alpha value is -3.18. The van der Waals surface area contributed by atoms with Gasteiger partial charge in [0.15, 0.2) is 0 Å². The van der Waals surface area contributed by atoms with Crippen LogP contribution in [0.4, 0.5) is 22.1 Å². The molecule has 3 rings (SSSR count). The zero-order valence-electron chi connectivity index (χ0n) is 17.9. The summed E-state index contributed by atoms with van der Waals surface area (Å²) in [5, 5.41) is 12.0. The molecule has 0 saturated carbocycles. The molecule has 0 spiro atoms. The zero-order valence-corrected chi connectivity index (χ0v) is 17.9. The van der Waals surface area contributed by atoms with Gasteiger partial charge in [-0.1, -0.05) is 0 Å². The van der Waals surface area contributed by atoms with Crippen LogP contribution >= 0.6 is 0 Å². The lowest BCUT2D eigenvalue weighted by Crippen LogP contribution is -2.49. The largest absolute Gasteiger partial charge is 0.466 e. The number of nitrogens with zero attached hydrogens (tertiary/aromatic N) is 6. The standard InChI is InChI=1S/C19H28N6O6/c1-3-30-18(26)14-6-5-7-24(12-14)17-15(25(28)29)16(20-13-21-17)22-8-10-23(11-9-22)19(27)31-4-2/h13-14H,3-12H2,1-2H3. The van der Waals surface area contributed by atoms with Crippen LogP contribution in [0.25, 0.3) is 0 Å². The average molecular weight is 436 g/mol. The fraction of sp³-hybridized carbons (Fsp3) is 0.684. The summed E-state index contributed by atoms with van der Waals surface area (Å²) < 4.78 is 10.1. The number of ether oxygens (including phenoxy) is 2. The second-order valence-corrected chi connectivity index (χ2v) is 7.34. The van der Waals surface area contributed by atoms with Gasteiger partial charge >= 0.3 is 17.7 Å². The molecule has 3 heterocycles. The van der Waals surface area contributed by atoms with Crippen LogP contribution in [0.1, 0.15) is 26.7 Å². The molecule has 1 aromatic rings. The molecule has 2 fully saturated rings. The molecule has 1 atom stereocenters. The Morgan fingerprint density at radius 2 is 1.71 bits per heavy atom. The Morgan fingerprint density at radius 1 is 1.06 bits per heavy atom. The molecule has 12 heteroatoms. The number of carbonyl (C=O) groups excluding carboxylic acids is 2. The summed E-state index contributed by atoms with van der Waals surface area (Å²) in [6, 6.07) is 0. The van der Waals surface area contributed by atoms with Gasteiger partial charge < -0.3 is 24.2 Å². The van der Waals surface area contributed by atoms with E-state index in [1.807, 2.05) is 0 Å². The van der Waals surface area contributed by atoms with Gasteiger partial charge in [-0.2, -0.15) is 0 Å². The minimum atomic E-state index is -0.476. The van der Waals surface area contributed by atoms with Gasteiger partial charge in [0.2, 0.25) is 11.6 Å². The number of hydrogen-bond acceptors (Lipinski definition) is 10. The second-order valence-electron chi connectivity index (χ2n) is 7.34. The Morgan fingerprint density at radius 3 is 2.32 bits per heavy atom. The van der Waals surface area contributed by atoms with Crippen molar-refractivity contribution >= 4 is 29.4 Å². The van der Waals surface area contributed by atoms with E-state index in [0.29, 0.717) is 65.3 Å². The van der Waals surface area contributed by atoms with Crippen LogP contribution in [0.5, 0.6) is 0 Å². The molecule has 0 radical (unpaired) electrons. The van der Waals surface area contributed by atoms with Crippen molar-refractivity contribution in [3.63, 3.8) is 0 Å². The van der Waals surface area contributed by atoms with Gasteiger partial charge in [0.05, 0.1) is 24.1 Å². The molecular formula is C19H28N6O6. The number of amides is 1. The predicted molar refractivity (Wildman–Crippen MR) is 111 cm³/mol. The molecule has 0 bridgehead atoms. The lowest BCUT2D eigenvalue weighted by molar-refractivity contribution is -0.383. The molecule has 31 heavy (non-hydrogen) atoms. The van der Waals surface area contributed by atoms with Crippen molar-refractivity contribution < 1.29 is 24.0 Å². The molecule has 1 aromatic heterocycles. The average Bonchev–Trinajstić information content (AvgIpc) is 2.79. The van der Waals surface area contributed by atoms with Crippen molar-refractivity contribution in [3.8, 4) is 0 Å². The number of esters is 1. The van der Waals surface area contributed by atoms with Crippen LogP contribution < -0.4 is 9.80 Å². The fourth-order valence-corrected chi connectivity index (χ4v) is 3.92. The van der Waals surface area contributed by atoms with E-state index in [1.54, 1.807) is 28.5 Å². The van der Waals surface area contributed by atoms with Gasteiger partial charge in [-0.25, -0.2) is 14.8 Å². The quantitative estimate of drug-likeness (QED) is 0.367. The number of piperidine rings is 1. The van der Waals surface area contributed by atoms with Crippen molar-refractivity contribution in [2.75, 3.05) is 62.3 Å². The summed E-state index contributed by atoms with van der Waals surface area (Å²) in [6.45, 7) is 6.50. The number of rotatable bonds is 6. The molecule has 12 nitrogen and oxygen atoms in total. The number of anilines is 2. The van der Waals surface area contributed by atoms with Crippen LogP contribution in [0.15, 0.2) is 6.33 Å². The van der Waals surface area contributed by atoms with Crippen molar-refractivity contribution in [3.05, 3.63) is 16.4 Å². The van der Waals surface area contributed by atoms with Crippen molar-refractivity contribution in [1.29, 1.82) is 0 Å². The van der Waals surface area contributed by atoms with Gasteiger partial charge in [-0.15, -0.1) is 0 Å². The molecule has 1 amide bonds. The normalized spacial score (nSPS) is 19.2. The maximum atomic E-state index is 12.2. The Bertz CT molecular complexity index is 813. The Balaban J connectivity index is 1.80. The first-order valence-corrected chi connectivity index (χ1v) is 10.5. The number of piperazine rings is 1. The third kappa shape index (κ3) is 5.12. The number of hydrogen-bond donors (Lipinski definition) is 0. The zero-order chi connectivity index (χ0) is 22.4. The smallest absolute Gasteiger partial charge is 0.409 e. The SMILES string of the molecule is CCOC(=O)C1CCCN(c2ncnc(N3CCN(C(=O)OCC)CC3)c2[N+](=O)[O-])C1. The summed E-state index contributed by atoms with van der Waals surface area (Å²) in [5.74, 6) is -0.215. The lowest BCUT2D eigenvalue weighted by Gasteiger charge is -2.35. The van der Waals surface area contributed by atoms with E-state index >= 15 is 0 Å². The predicted octanol–water partition coefficient (Wildman–Crippen LogP) is 1.44. The molecule has 2 aliphatic rings. The highest BCUT2D eigenvalue weighted by molar-refractivity contribution is 5.76. The highest BCUT2D eigenvalue weighted by Crippen LogP contribution is 2.36. The summed E-state index contributed by atoms with van der Waals surface area (Å²) >= 11 is 0. The lowest BCUT2D eigenvalue weighted by atomic mass is 9.98. The highest BCUT2D eigenvalue weighted by Gasteiger charge is 2.35. The van der Waals surface area contributed by atoms with E-state index < -0.39 is 11.0 Å². The Kier molecular flexibility index (Phi) is 7.42. The van der Waals surface area contributed by atoms with Crippen LogP contribution in [-0.2, 0) is 14.3 Å². The molecule has 0 N–H and O–H groups in total. The summed E-state index contributed by atoms with van der Waals surface area (Å²) in [7, 11) is 0. The maximum Gasteiger partial charge on any atom is 0.409 e. The Labute approximate surface area is 180 Å². The third-order valence-corrected chi connectivity index (χ3v) is 5.41. The maximum absolute atomic E-state index is 12.2. The summed E-state index contributed by atoms with van der Waals surface area (Å²) in [6.07, 6.45) is 2.30. The van der Waals surface area contributed by atoms with Crippen molar-refractivity contribution in [1.82, 2.24) is 14.9 Å². The number of aromatic nitrogens is 2. The molecule has 2 aliphatic heterocycles. The minimum Gasteiger partial charge on any atom is -0.466 e. The minimum absolute atomic E-state index is 0.184. The monoisotopic (exact) mass is 436 g/mol. The first kappa shape index (κ1) is 22.5. The van der Waals surface area contributed by atoms with E-state index in [0.717, 1.165) is 0 Å². The van der Waals surface area contributed by atoms with Gasteiger partial charge in [-0.3, -0.25) is 14.9 Å². The molecule has 170 valence electrons. The summed E-state index contributed by atoms with van der Waals surface area (Å²) in [4.78, 5) is 49.1. The molecule has 0 aliphatic carbocycles. The first-order valence-electron chi connectivity index (χ1n) is 10.5. The van der Waals surface area contributed by atoms with E-state index in [9.17, 15) is 19.7 Å². The van der Waals surface area contributed by atoms with E-state index in [1.165, 1.54) is 6.33 Å². The molecule has 0 aromatic carbocycles.